The minimum atomic E-state index is -0.753. The van der Waals surface area contributed by atoms with Gasteiger partial charge < -0.3 is 19.9 Å². The number of hydrogen-bond acceptors (Lipinski definition) is 5. The molecular weight excluding hydrogens is 450 g/mol. The highest BCUT2D eigenvalue weighted by Gasteiger charge is 2.46. The molecule has 36 heavy (non-hydrogen) atoms. The number of nitrogens with zero attached hydrogens (tertiary/aromatic N) is 2. The number of hydrogen-bond donors (Lipinski definition) is 1. The fourth-order valence-corrected chi connectivity index (χ4v) is 5.58. The zero-order valence-electron chi connectivity index (χ0n) is 24.9. The summed E-state index contributed by atoms with van der Waals surface area (Å²) >= 11 is 0. The van der Waals surface area contributed by atoms with Gasteiger partial charge in [-0.1, -0.05) is 53.5 Å². The lowest BCUT2D eigenvalue weighted by molar-refractivity contribution is -0.161. The van der Waals surface area contributed by atoms with Crippen molar-refractivity contribution in [2.45, 2.75) is 112 Å². The molecule has 1 saturated heterocycles. The third-order valence-electron chi connectivity index (χ3n) is 8.21. The fourth-order valence-electron chi connectivity index (χ4n) is 5.58. The van der Waals surface area contributed by atoms with Crippen molar-refractivity contribution in [1.29, 1.82) is 0 Å². The summed E-state index contributed by atoms with van der Waals surface area (Å²) in [5.74, 6) is 0.274. The van der Waals surface area contributed by atoms with Crippen molar-refractivity contribution in [3.63, 3.8) is 0 Å². The Kier molecular flexibility index (Phi) is 14.1. The van der Waals surface area contributed by atoms with Crippen LogP contribution in [0.5, 0.6) is 0 Å². The molecule has 1 heterocycles. The predicted octanol–water partition coefficient (Wildman–Crippen LogP) is 6.01. The molecule has 1 rings (SSSR count). The molecule has 0 aromatic rings. The number of rotatable bonds is 18. The van der Waals surface area contributed by atoms with Crippen LogP contribution in [0.25, 0.3) is 0 Å². The van der Waals surface area contributed by atoms with Crippen molar-refractivity contribution in [3.8, 4) is 0 Å². The summed E-state index contributed by atoms with van der Waals surface area (Å²) in [5, 5.41) is 3.15. The molecule has 1 N–H and O–H groups in total. The molecule has 1 aliphatic heterocycles. The third kappa shape index (κ3) is 10.1. The number of ether oxygens (including phenoxy) is 1. The van der Waals surface area contributed by atoms with Crippen molar-refractivity contribution >= 4 is 11.9 Å². The molecule has 210 valence electrons. The Labute approximate surface area is 222 Å². The van der Waals surface area contributed by atoms with Gasteiger partial charge in [-0.25, -0.2) is 0 Å². The number of unbranched alkanes of at least 4 members (excludes halogenated alkanes) is 1. The average molecular weight is 508 g/mol. The minimum Gasteiger partial charge on any atom is -0.465 e. The van der Waals surface area contributed by atoms with Crippen LogP contribution in [0.1, 0.15) is 106 Å². The van der Waals surface area contributed by atoms with Crippen molar-refractivity contribution in [1.82, 2.24) is 15.1 Å². The van der Waals surface area contributed by atoms with E-state index < -0.39 is 10.8 Å². The summed E-state index contributed by atoms with van der Waals surface area (Å²) in [6.45, 7) is 19.9. The quantitative estimate of drug-likeness (QED) is 0.182. The Hall–Kier alpha value is -1.56. The van der Waals surface area contributed by atoms with Crippen LogP contribution in [0.3, 0.4) is 0 Å². The van der Waals surface area contributed by atoms with Gasteiger partial charge in [0.25, 0.3) is 0 Å². The number of amides is 1. The molecule has 0 spiro atoms. The molecule has 0 saturated carbocycles. The largest absolute Gasteiger partial charge is 0.465 e. The van der Waals surface area contributed by atoms with Gasteiger partial charge in [0.05, 0.1) is 12.0 Å². The second-order valence-electron chi connectivity index (χ2n) is 12.0. The first-order valence-electron chi connectivity index (χ1n) is 14.5. The van der Waals surface area contributed by atoms with Gasteiger partial charge in [0.15, 0.2) is 0 Å². The highest BCUT2D eigenvalue weighted by molar-refractivity contribution is 5.84. The third-order valence-corrected chi connectivity index (χ3v) is 8.21. The lowest BCUT2D eigenvalue weighted by atomic mass is 9.68. The standard InChI is InChI=1S/C30H57N3O3/c1-10-13-17-26(11-2)22-36-28(35)30(7,21-25(5)33-20-14-16-24(33)4)23-29(6,12-3)27(34)31-18-15-19-32(8)9/h25-26H,4,10-23H2,1-3,5-9H3,(H,31,34). The Morgan fingerprint density at radius 2 is 1.86 bits per heavy atom. The van der Waals surface area contributed by atoms with Crippen LogP contribution in [0.15, 0.2) is 12.3 Å². The van der Waals surface area contributed by atoms with Crippen molar-refractivity contribution in [2.24, 2.45) is 16.7 Å². The minimum absolute atomic E-state index is 0.0374. The van der Waals surface area contributed by atoms with Gasteiger partial charge in [0.2, 0.25) is 5.91 Å². The maximum atomic E-state index is 13.7. The van der Waals surface area contributed by atoms with Gasteiger partial charge in [0.1, 0.15) is 0 Å². The molecular formula is C30H57N3O3. The van der Waals surface area contributed by atoms with Crippen molar-refractivity contribution < 1.29 is 14.3 Å². The Balaban J connectivity index is 3.04. The van der Waals surface area contributed by atoms with E-state index >= 15 is 0 Å². The van der Waals surface area contributed by atoms with E-state index in [1.54, 1.807) is 0 Å². The average Bonchev–Trinajstić information content (AvgIpc) is 3.27. The summed E-state index contributed by atoms with van der Waals surface area (Å²) in [7, 11) is 4.08. The zero-order chi connectivity index (χ0) is 27.4. The van der Waals surface area contributed by atoms with Crippen LogP contribution >= 0.6 is 0 Å². The van der Waals surface area contributed by atoms with Crippen molar-refractivity contribution in [3.05, 3.63) is 12.3 Å². The molecule has 0 aromatic carbocycles. The SMILES string of the molecule is C=C1CCCN1C(C)CC(C)(CC(C)(CC)C(=O)NCCCN(C)C)C(=O)OCC(CC)CCCC. The van der Waals surface area contributed by atoms with E-state index in [-0.39, 0.29) is 17.9 Å². The van der Waals surface area contributed by atoms with Crippen LogP contribution in [-0.4, -0.2) is 68.1 Å². The van der Waals surface area contributed by atoms with Crippen molar-refractivity contribution in [2.75, 3.05) is 40.3 Å². The maximum absolute atomic E-state index is 13.7. The summed E-state index contributed by atoms with van der Waals surface area (Å²) in [6, 6.07) is 0.170. The highest BCUT2D eigenvalue weighted by Crippen LogP contribution is 2.42. The number of allylic oxidation sites excluding steroid dienone is 1. The maximum Gasteiger partial charge on any atom is 0.311 e. The predicted molar refractivity (Wildman–Crippen MR) is 151 cm³/mol. The normalized spacial score (nSPS) is 19.0. The van der Waals surface area contributed by atoms with Gasteiger partial charge >= 0.3 is 5.97 Å². The molecule has 6 heteroatoms. The van der Waals surface area contributed by atoms with E-state index in [0.717, 1.165) is 63.7 Å². The van der Waals surface area contributed by atoms with Crippen LogP contribution in [0.4, 0.5) is 0 Å². The number of esters is 1. The Morgan fingerprint density at radius 3 is 2.39 bits per heavy atom. The number of carbonyl (C=O) groups excluding carboxylic acids is 2. The molecule has 6 nitrogen and oxygen atoms in total. The van der Waals surface area contributed by atoms with E-state index in [1.165, 1.54) is 0 Å². The molecule has 1 aliphatic rings. The first kappa shape index (κ1) is 32.5. The molecule has 0 aromatic heterocycles. The summed E-state index contributed by atoms with van der Waals surface area (Å²) < 4.78 is 6.03. The fraction of sp³-hybridized carbons (Fsp3) is 0.867. The molecule has 0 radical (unpaired) electrons. The van der Waals surface area contributed by atoms with E-state index in [4.69, 9.17) is 4.74 Å². The van der Waals surface area contributed by atoms with Gasteiger partial charge in [-0.15, -0.1) is 0 Å². The molecule has 0 aliphatic carbocycles. The van der Waals surface area contributed by atoms with Gasteiger partial charge in [-0.3, -0.25) is 9.59 Å². The Bertz CT molecular complexity index is 695. The van der Waals surface area contributed by atoms with E-state index in [2.05, 4.69) is 49.4 Å². The molecule has 0 bridgehead atoms. The monoisotopic (exact) mass is 507 g/mol. The van der Waals surface area contributed by atoms with Gasteiger partial charge in [0, 0.05) is 30.2 Å². The summed E-state index contributed by atoms with van der Waals surface area (Å²) in [4.78, 5) is 31.6. The number of carbonyl (C=O) groups is 2. The summed E-state index contributed by atoms with van der Waals surface area (Å²) in [6.07, 6.45) is 9.24. The van der Waals surface area contributed by atoms with E-state index in [9.17, 15) is 9.59 Å². The van der Waals surface area contributed by atoms with Crippen LogP contribution in [0, 0.1) is 16.7 Å². The number of nitrogens with one attached hydrogen (secondary N) is 1. The first-order valence-corrected chi connectivity index (χ1v) is 14.5. The zero-order valence-corrected chi connectivity index (χ0v) is 24.9. The molecule has 1 amide bonds. The van der Waals surface area contributed by atoms with Crippen LogP contribution < -0.4 is 5.32 Å². The van der Waals surface area contributed by atoms with Gasteiger partial charge in [-0.05, 0) is 85.4 Å². The molecule has 1 fully saturated rings. The lowest BCUT2D eigenvalue weighted by Gasteiger charge is -2.40. The lowest BCUT2D eigenvalue weighted by Crippen LogP contribution is -2.47. The summed E-state index contributed by atoms with van der Waals surface area (Å²) in [5.41, 5.74) is -0.238. The van der Waals surface area contributed by atoms with E-state index in [1.807, 2.05) is 27.9 Å². The second kappa shape index (κ2) is 15.6. The molecule has 4 atom stereocenters. The van der Waals surface area contributed by atoms with Gasteiger partial charge in [-0.2, -0.15) is 0 Å². The second-order valence-corrected chi connectivity index (χ2v) is 12.0. The first-order chi connectivity index (χ1) is 16.9. The Morgan fingerprint density at radius 1 is 1.17 bits per heavy atom. The highest BCUT2D eigenvalue weighted by atomic mass is 16.5. The van der Waals surface area contributed by atoms with E-state index in [0.29, 0.717) is 38.3 Å². The topological polar surface area (TPSA) is 61.9 Å². The van der Waals surface area contributed by atoms with Crippen LogP contribution in [-0.2, 0) is 14.3 Å². The molecule has 4 unspecified atom stereocenters. The smallest absolute Gasteiger partial charge is 0.311 e. The number of likely N-dealkylation sites (tertiary alicyclic amines) is 1. The van der Waals surface area contributed by atoms with Crippen LogP contribution in [0.2, 0.25) is 0 Å².